The topological polar surface area (TPSA) is 85.1 Å². The van der Waals surface area contributed by atoms with Crippen LogP contribution in [0.3, 0.4) is 0 Å². The third-order valence-corrected chi connectivity index (χ3v) is 4.05. The molecular formula is C15H17N3O3S. The monoisotopic (exact) mass is 319 g/mol. The summed E-state index contributed by atoms with van der Waals surface area (Å²) in [6.07, 6.45) is 0.425. The van der Waals surface area contributed by atoms with E-state index in [4.69, 9.17) is 5.11 Å². The van der Waals surface area contributed by atoms with Crippen LogP contribution in [0.25, 0.3) is 0 Å². The number of hydrogen-bond donors (Lipinski definition) is 1. The summed E-state index contributed by atoms with van der Waals surface area (Å²) in [5.41, 5.74) is 2.13. The van der Waals surface area contributed by atoms with E-state index in [0.29, 0.717) is 17.3 Å². The molecule has 0 unspecified atom stereocenters. The Hall–Kier alpha value is -2.15. The minimum atomic E-state index is -1.02. The molecule has 0 atom stereocenters. The van der Waals surface area contributed by atoms with E-state index in [1.807, 2.05) is 31.2 Å². The number of nitrogens with zero attached hydrogens (tertiary/aromatic N) is 3. The lowest BCUT2D eigenvalue weighted by Crippen LogP contribution is -2.25. The van der Waals surface area contributed by atoms with Gasteiger partial charge in [0, 0.05) is 5.75 Å². The Morgan fingerprint density at radius 1 is 1.32 bits per heavy atom. The number of thioether (sulfide) groups is 1. The maximum Gasteiger partial charge on any atom is 0.325 e. The molecule has 0 fully saturated rings. The minimum Gasteiger partial charge on any atom is -0.480 e. The number of rotatable bonds is 6. The Labute approximate surface area is 132 Å². The Morgan fingerprint density at radius 3 is 2.59 bits per heavy atom. The molecule has 116 valence electrons. The van der Waals surface area contributed by atoms with E-state index in [1.54, 1.807) is 6.92 Å². The predicted molar refractivity (Wildman–Crippen MR) is 84.0 cm³/mol. The van der Waals surface area contributed by atoms with Gasteiger partial charge in [-0.15, -0.1) is 0 Å². The number of aromatic nitrogens is 3. The number of aryl methyl sites for hydroxylation is 2. The van der Waals surface area contributed by atoms with Gasteiger partial charge in [-0.1, -0.05) is 48.5 Å². The lowest BCUT2D eigenvalue weighted by Gasteiger charge is -2.10. The number of carboxylic acid groups (broad SMARTS) is 1. The lowest BCUT2D eigenvalue weighted by atomic mass is 10.2. The molecule has 22 heavy (non-hydrogen) atoms. The molecule has 0 saturated carbocycles. The second kappa shape index (κ2) is 7.22. The van der Waals surface area contributed by atoms with Crippen LogP contribution in [0.1, 0.15) is 23.7 Å². The van der Waals surface area contributed by atoms with Gasteiger partial charge < -0.3 is 5.11 Å². The number of carboxylic acids is 1. The van der Waals surface area contributed by atoms with Gasteiger partial charge in [-0.05, 0) is 18.9 Å². The summed E-state index contributed by atoms with van der Waals surface area (Å²) in [5.74, 6) is -0.420. The number of hydrogen-bond acceptors (Lipinski definition) is 5. The zero-order valence-corrected chi connectivity index (χ0v) is 13.3. The molecule has 0 radical (unpaired) electrons. The summed E-state index contributed by atoms with van der Waals surface area (Å²) < 4.78 is 1.28. The molecule has 1 aromatic heterocycles. The Bertz CT molecular complexity index is 726. The third kappa shape index (κ3) is 4.17. The molecule has 2 rings (SSSR count). The van der Waals surface area contributed by atoms with Crippen molar-refractivity contribution in [1.82, 2.24) is 14.8 Å². The van der Waals surface area contributed by atoms with E-state index in [1.165, 1.54) is 22.0 Å². The smallest absolute Gasteiger partial charge is 0.325 e. The van der Waals surface area contributed by atoms with Crippen molar-refractivity contribution in [2.45, 2.75) is 37.7 Å². The van der Waals surface area contributed by atoms with Crippen LogP contribution in [0.5, 0.6) is 0 Å². The highest BCUT2D eigenvalue weighted by Crippen LogP contribution is 2.20. The fourth-order valence-electron chi connectivity index (χ4n) is 1.83. The highest BCUT2D eigenvalue weighted by Gasteiger charge is 2.12. The maximum atomic E-state index is 11.8. The first-order valence-corrected chi connectivity index (χ1v) is 7.86. The Balaban J connectivity index is 2.24. The van der Waals surface area contributed by atoms with Crippen LogP contribution in [-0.4, -0.2) is 25.8 Å². The van der Waals surface area contributed by atoms with E-state index in [0.717, 1.165) is 5.56 Å². The average molecular weight is 319 g/mol. The second-order valence-electron chi connectivity index (χ2n) is 4.83. The van der Waals surface area contributed by atoms with Gasteiger partial charge in [-0.3, -0.25) is 9.59 Å². The van der Waals surface area contributed by atoms with Crippen molar-refractivity contribution in [3.8, 4) is 0 Å². The molecule has 1 N–H and O–H groups in total. The molecule has 0 bridgehead atoms. The highest BCUT2D eigenvalue weighted by atomic mass is 32.2. The molecule has 2 aromatic rings. The van der Waals surface area contributed by atoms with E-state index in [2.05, 4.69) is 10.1 Å². The van der Waals surface area contributed by atoms with Crippen molar-refractivity contribution in [3.63, 3.8) is 0 Å². The molecule has 6 nitrogen and oxygen atoms in total. The zero-order valence-electron chi connectivity index (χ0n) is 12.4. The first-order chi connectivity index (χ1) is 10.5. The van der Waals surface area contributed by atoms with Gasteiger partial charge in [-0.25, -0.2) is 4.68 Å². The number of carbonyl (C=O) groups is 1. The predicted octanol–water partition coefficient (Wildman–Crippen LogP) is 1.89. The van der Waals surface area contributed by atoms with Crippen LogP contribution in [-0.2, 0) is 23.5 Å². The van der Waals surface area contributed by atoms with Gasteiger partial charge in [0.1, 0.15) is 12.2 Å². The summed E-state index contributed by atoms with van der Waals surface area (Å²) >= 11 is 1.31. The number of aliphatic carboxylic acids is 1. The van der Waals surface area contributed by atoms with Crippen LogP contribution in [0.2, 0.25) is 0 Å². The molecular weight excluding hydrogens is 302 g/mol. The fraction of sp³-hybridized carbons (Fsp3) is 0.333. The standard InChI is InChI=1S/C15H17N3O3S/c1-3-12-14(21)16-15(18(17-12)8-13(19)20)22-9-11-6-4-10(2)5-7-11/h4-7H,3,8-9H2,1-2H3,(H,19,20). The van der Waals surface area contributed by atoms with Gasteiger partial charge in [0.2, 0.25) is 0 Å². The first kappa shape index (κ1) is 16.2. The van der Waals surface area contributed by atoms with Gasteiger partial charge >= 0.3 is 5.97 Å². The summed E-state index contributed by atoms with van der Waals surface area (Å²) in [5, 5.41) is 13.4. The summed E-state index contributed by atoms with van der Waals surface area (Å²) in [7, 11) is 0. The van der Waals surface area contributed by atoms with Crippen molar-refractivity contribution < 1.29 is 9.90 Å². The molecule has 0 aliphatic rings. The van der Waals surface area contributed by atoms with Crippen LogP contribution in [0, 0.1) is 6.92 Å². The van der Waals surface area contributed by atoms with Crippen molar-refractivity contribution >= 4 is 17.7 Å². The van der Waals surface area contributed by atoms with Gasteiger partial charge in [0.15, 0.2) is 5.16 Å². The van der Waals surface area contributed by atoms with Crippen LogP contribution < -0.4 is 5.56 Å². The molecule has 1 aromatic carbocycles. The normalized spacial score (nSPS) is 10.6. The Kier molecular flexibility index (Phi) is 5.32. The first-order valence-electron chi connectivity index (χ1n) is 6.87. The summed E-state index contributed by atoms with van der Waals surface area (Å²) in [6, 6.07) is 8.00. The lowest BCUT2D eigenvalue weighted by molar-refractivity contribution is -0.138. The quantitative estimate of drug-likeness (QED) is 0.818. The third-order valence-electron chi connectivity index (χ3n) is 3.01. The molecule has 0 spiro atoms. The molecule has 0 aliphatic carbocycles. The molecule has 0 aliphatic heterocycles. The molecule has 1 heterocycles. The van der Waals surface area contributed by atoms with Gasteiger partial charge in [-0.2, -0.15) is 10.1 Å². The van der Waals surface area contributed by atoms with Crippen LogP contribution >= 0.6 is 11.8 Å². The highest BCUT2D eigenvalue weighted by molar-refractivity contribution is 7.98. The van der Waals surface area contributed by atoms with Crippen molar-refractivity contribution in [1.29, 1.82) is 0 Å². The van der Waals surface area contributed by atoms with Crippen LogP contribution in [0.15, 0.2) is 34.2 Å². The second-order valence-corrected chi connectivity index (χ2v) is 5.77. The van der Waals surface area contributed by atoms with E-state index in [-0.39, 0.29) is 12.2 Å². The molecule has 0 saturated heterocycles. The van der Waals surface area contributed by atoms with Crippen molar-refractivity contribution in [3.05, 3.63) is 51.4 Å². The summed E-state index contributed by atoms with van der Waals surface area (Å²) in [4.78, 5) is 26.7. The summed E-state index contributed by atoms with van der Waals surface area (Å²) in [6.45, 7) is 3.49. The Morgan fingerprint density at radius 2 is 2.00 bits per heavy atom. The van der Waals surface area contributed by atoms with Gasteiger partial charge in [0.05, 0.1) is 0 Å². The molecule has 0 amide bonds. The maximum absolute atomic E-state index is 11.8. The average Bonchev–Trinajstić information content (AvgIpc) is 2.48. The molecule has 7 heteroatoms. The van der Waals surface area contributed by atoms with Gasteiger partial charge in [0.25, 0.3) is 5.56 Å². The largest absolute Gasteiger partial charge is 0.480 e. The van der Waals surface area contributed by atoms with E-state index < -0.39 is 11.5 Å². The van der Waals surface area contributed by atoms with Crippen LogP contribution in [0.4, 0.5) is 0 Å². The SMILES string of the molecule is CCc1nn(CC(=O)O)c(SCc2ccc(C)cc2)nc1=O. The zero-order chi connectivity index (χ0) is 16.1. The fourth-order valence-corrected chi connectivity index (χ4v) is 2.72. The van der Waals surface area contributed by atoms with Crippen molar-refractivity contribution in [2.75, 3.05) is 0 Å². The van der Waals surface area contributed by atoms with E-state index in [9.17, 15) is 9.59 Å². The van der Waals surface area contributed by atoms with E-state index >= 15 is 0 Å². The number of benzene rings is 1. The van der Waals surface area contributed by atoms with Crippen molar-refractivity contribution in [2.24, 2.45) is 0 Å². The minimum absolute atomic E-state index is 0.279.